The highest BCUT2D eigenvalue weighted by atomic mass is 35.5. The molecular weight excluding hydrogens is 900 g/mol. The number of para-hydroxylation sites is 2. The normalized spacial score (nSPS) is 12.0. The Balaban J connectivity index is 0.000000245. The molecule has 6 rings (SSSR count). The molecular formula is C45H37BClF15N2. The summed E-state index contributed by atoms with van der Waals surface area (Å²) >= 11 is 5.59. The molecule has 0 N–H and O–H groups in total. The van der Waals surface area contributed by atoms with Crippen LogP contribution in [0.15, 0.2) is 55.1 Å². The Morgan fingerprint density at radius 3 is 0.922 bits per heavy atom. The molecule has 0 fully saturated rings. The molecule has 0 aliphatic rings. The first kappa shape index (κ1) is 49.6. The van der Waals surface area contributed by atoms with Gasteiger partial charge in [0.25, 0.3) is 6.33 Å². The van der Waals surface area contributed by atoms with E-state index < -0.39 is 109 Å². The smallest absolute Gasteiger partial charge is 0.254 e. The van der Waals surface area contributed by atoms with E-state index in [1.165, 1.54) is 33.6 Å². The van der Waals surface area contributed by atoms with E-state index in [4.69, 9.17) is 11.5 Å². The third-order valence-corrected chi connectivity index (χ3v) is 11.4. The summed E-state index contributed by atoms with van der Waals surface area (Å²) in [6.45, 7) is 18.3. The summed E-state index contributed by atoms with van der Waals surface area (Å²) < 4.78 is 215. The van der Waals surface area contributed by atoms with Gasteiger partial charge in [-0.25, -0.2) is 75.0 Å². The average molecular weight is 937 g/mol. The summed E-state index contributed by atoms with van der Waals surface area (Å²) in [5, 5.41) is 0. The zero-order valence-corrected chi connectivity index (χ0v) is 35.8. The monoisotopic (exact) mass is 936 g/mol. The summed E-state index contributed by atoms with van der Waals surface area (Å²) in [6, 6.07) is 13.5. The van der Waals surface area contributed by atoms with Gasteiger partial charge in [-0.3, -0.25) is 0 Å². The summed E-state index contributed by atoms with van der Waals surface area (Å²) in [5.74, 6) is -44.6. The Morgan fingerprint density at radius 1 is 0.406 bits per heavy atom. The number of halogens is 16. The van der Waals surface area contributed by atoms with Crippen molar-refractivity contribution >= 4 is 33.4 Å². The summed E-state index contributed by atoms with van der Waals surface area (Å²) in [6.07, 6.45) is 6.70. The molecule has 342 valence electrons. The third kappa shape index (κ3) is 8.26. The van der Waals surface area contributed by atoms with Gasteiger partial charge in [0.2, 0.25) is 0 Å². The molecule has 0 spiro atoms. The molecule has 0 aliphatic heterocycles. The van der Waals surface area contributed by atoms with E-state index in [9.17, 15) is 65.9 Å². The highest BCUT2D eigenvalue weighted by Crippen LogP contribution is 2.33. The molecule has 0 unspecified atom stereocenters. The zero-order valence-electron chi connectivity index (χ0n) is 35.0. The van der Waals surface area contributed by atoms with Crippen LogP contribution in [0.4, 0.5) is 65.9 Å². The number of aromatic nitrogens is 2. The minimum absolute atomic E-state index is 0.480. The SMILES string of the molecule is CC(C)c1cccc(C(C)C)c1-n1cc[n+](-c2c(C(C)C)cccc2C(C)C)c1.Fc1c(F)c(F)c([B-](Cl)(c2c(F)c(F)c(F)c(F)c2F)c2c(F)c(F)c(F)c(F)c2F)c(F)c1F. The first-order valence-corrected chi connectivity index (χ1v) is 19.9. The molecule has 0 radical (unpaired) electrons. The number of hydrogen-bond acceptors (Lipinski definition) is 0. The van der Waals surface area contributed by atoms with E-state index in [2.05, 4.69) is 120 Å². The lowest BCUT2D eigenvalue weighted by Gasteiger charge is -2.38. The van der Waals surface area contributed by atoms with Gasteiger partial charge < -0.3 is 11.5 Å². The number of nitrogens with zero attached hydrogens (tertiary/aromatic N) is 2. The van der Waals surface area contributed by atoms with Crippen LogP contribution in [-0.4, -0.2) is 10.1 Å². The Morgan fingerprint density at radius 2 is 0.656 bits per heavy atom. The largest absolute Gasteiger partial charge is 0.370 e. The van der Waals surface area contributed by atoms with Gasteiger partial charge in [-0.2, -0.15) is 0 Å². The van der Waals surface area contributed by atoms with Crippen molar-refractivity contribution in [1.29, 1.82) is 0 Å². The van der Waals surface area contributed by atoms with Crippen molar-refractivity contribution in [1.82, 2.24) is 4.57 Å². The Bertz CT molecular complexity index is 2400. The average Bonchev–Trinajstić information content (AvgIpc) is 3.74. The maximum absolute atomic E-state index is 14.6. The van der Waals surface area contributed by atoms with E-state index in [1.54, 1.807) is 0 Å². The molecule has 0 saturated heterocycles. The van der Waals surface area contributed by atoms with Crippen LogP contribution in [0.25, 0.3) is 11.4 Å². The quantitative estimate of drug-likeness (QED) is 0.0449. The van der Waals surface area contributed by atoms with Gasteiger partial charge in [-0.15, -0.1) is 16.4 Å². The van der Waals surface area contributed by atoms with E-state index >= 15 is 0 Å². The van der Waals surface area contributed by atoms with Crippen LogP contribution in [0.1, 0.15) is 101 Å². The number of rotatable bonds is 9. The molecule has 0 amide bonds. The van der Waals surface area contributed by atoms with Gasteiger partial charge in [-0.1, -0.05) is 91.8 Å². The summed E-state index contributed by atoms with van der Waals surface area (Å²) in [5.41, 5.74) is -6.25. The second-order valence-electron chi connectivity index (χ2n) is 16.1. The molecule has 1 aromatic heterocycles. The van der Waals surface area contributed by atoms with Gasteiger partial charge in [0, 0.05) is 22.3 Å². The van der Waals surface area contributed by atoms with Crippen LogP contribution < -0.4 is 21.0 Å². The predicted molar refractivity (Wildman–Crippen MR) is 213 cm³/mol. The first-order chi connectivity index (χ1) is 29.7. The van der Waals surface area contributed by atoms with Gasteiger partial charge in [-0.05, 0) is 23.7 Å². The number of benzene rings is 5. The zero-order chi connectivity index (χ0) is 48.2. The van der Waals surface area contributed by atoms with E-state index in [1.807, 2.05) is 0 Å². The van der Waals surface area contributed by atoms with Crippen LogP contribution in [0.2, 0.25) is 0 Å². The van der Waals surface area contributed by atoms with Gasteiger partial charge in [0.15, 0.2) is 57.9 Å². The van der Waals surface area contributed by atoms with Gasteiger partial charge in [0.1, 0.15) is 58.7 Å². The number of hydrogen-bond donors (Lipinski definition) is 0. The Kier molecular flexibility index (Phi) is 14.4. The lowest BCUT2D eigenvalue weighted by Crippen LogP contribution is -2.69. The van der Waals surface area contributed by atoms with Gasteiger partial charge in [0.05, 0.1) is 0 Å². The highest BCUT2D eigenvalue weighted by molar-refractivity contribution is 7.40. The topological polar surface area (TPSA) is 8.81 Å². The van der Waals surface area contributed by atoms with E-state index in [-0.39, 0.29) is 0 Å². The minimum atomic E-state index is -5.94. The molecule has 0 saturated carbocycles. The molecule has 0 atom stereocenters. The van der Waals surface area contributed by atoms with Crippen molar-refractivity contribution in [3.63, 3.8) is 0 Å². The molecule has 6 aromatic rings. The summed E-state index contributed by atoms with van der Waals surface area (Å²) in [7, 11) is 0. The molecule has 64 heavy (non-hydrogen) atoms. The predicted octanol–water partition coefficient (Wildman–Crippen LogP) is 12.2. The summed E-state index contributed by atoms with van der Waals surface area (Å²) in [4.78, 5) is 0. The lowest BCUT2D eigenvalue weighted by molar-refractivity contribution is -0.596. The van der Waals surface area contributed by atoms with E-state index in [0.717, 1.165) is 0 Å². The molecule has 19 heteroatoms. The maximum atomic E-state index is 14.6. The molecule has 0 aliphatic carbocycles. The fourth-order valence-corrected chi connectivity index (χ4v) is 8.16. The van der Waals surface area contributed by atoms with Crippen molar-refractivity contribution < 1.29 is 70.4 Å². The Hall–Kier alpha value is -5.39. The van der Waals surface area contributed by atoms with Crippen LogP contribution in [-0.2, 0) is 0 Å². The fraction of sp³-hybridized carbons (Fsp3) is 0.267. The van der Waals surface area contributed by atoms with Crippen LogP contribution in [0.3, 0.4) is 0 Å². The second-order valence-corrected chi connectivity index (χ2v) is 16.8. The standard InChI is InChI=1S/C27H37N2.C18BClF15/c1-18(2)22-11-9-12-23(19(3)4)26(22)28-15-16-29(17-28)27-24(20(5)6)13-10-14-25(27)21(7)8;20-19(1-4(21)10(27)16(33)11(28)5(1)22,2-6(23)12(29)17(34)13(30)7(2)24)3-8(25)14(31)18(35)15(32)9(3)26/h9-21H,1-8H3;/q+1;-1. The second kappa shape index (κ2) is 18.6. The van der Waals surface area contributed by atoms with Crippen LogP contribution in [0.5, 0.6) is 0 Å². The van der Waals surface area contributed by atoms with E-state index in [0.29, 0.717) is 23.7 Å². The first-order valence-electron chi connectivity index (χ1n) is 19.5. The highest BCUT2D eigenvalue weighted by Gasteiger charge is 2.47. The fourth-order valence-electron chi connectivity index (χ4n) is 7.59. The molecule has 2 nitrogen and oxygen atoms in total. The maximum Gasteiger partial charge on any atom is 0.254 e. The van der Waals surface area contributed by atoms with Crippen LogP contribution in [0, 0.1) is 87.3 Å². The molecule has 1 heterocycles. The van der Waals surface area contributed by atoms with Gasteiger partial charge >= 0.3 is 0 Å². The molecule has 5 aromatic carbocycles. The van der Waals surface area contributed by atoms with Crippen LogP contribution >= 0.6 is 11.5 Å². The van der Waals surface area contributed by atoms with Crippen molar-refractivity contribution in [2.75, 3.05) is 0 Å². The van der Waals surface area contributed by atoms with Crippen molar-refractivity contribution in [2.45, 2.75) is 79.1 Å². The third-order valence-electron chi connectivity index (χ3n) is 10.8. The van der Waals surface area contributed by atoms with Crippen molar-refractivity contribution in [3.8, 4) is 11.4 Å². The minimum Gasteiger partial charge on any atom is -0.370 e. The molecule has 0 bridgehead atoms. The Labute approximate surface area is 362 Å². The van der Waals surface area contributed by atoms with Crippen molar-refractivity contribution in [2.24, 2.45) is 0 Å². The number of imidazole rings is 1. The van der Waals surface area contributed by atoms with Crippen molar-refractivity contribution in [3.05, 3.63) is 165 Å². The lowest BCUT2D eigenvalue weighted by atomic mass is 9.34.